The highest BCUT2D eigenvalue weighted by atomic mass is 79.9. The lowest BCUT2D eigenvalue weighted by Gasteiger charge is -2.20. The van der Waals surface area contributed by atoms with Crippen LogP contribution in [0.25, 0.3) is 0 Å². The Bertz CT molecular complexity index is 507. The maximum Gasteiger partial charge on any atom is 0.0334 e. The Morgan fingerprint density at radius 2 is 2.16 bits per heavy atom. The van der Waals surface area contributed by atoms with E-state index in [0.29, 0.717) is 6.04 Å². The molecule has 0 spiro atoms. The highest BCUT2D eigenvalue weighted by Crippen LogP contribution is 2.28. The molecule has 0 aliphatic carbocycles. The molecule has 0 amide bonds. The lowest BCUT2D eigenvalue weighted by molar-refractivity contribution is 0.514. The van der Waals surface area contributed by atoms with Crippen LogP contribution in [0.4, 0.5) is 0 Å². The fourth-order valence-corrected chi connectivity index (χ4v) is 3.75. The van der Waals surface area contributed by atoms with E-state index in [1.165, 1.54) is 21.2 Å². The second-order valence-corrected chi connectivity index (χ2v) is 6.44. The number of aryl methyl sites for hydroxylation is 2. The minimum Gasteiger partial charge on any atom is -0.310 e. The van der Waals surface area contributed by atoms with E-state index in [2.05, 4.69) is 70.1 Å². The monoisotopic (exact) mass is 337 g/mol. The molecule has 0 saturated heterocycles. The summed E-state index contributed by atoms with van der Waals surface area (Å²) in [4.78, 5) is 0. The highest BCUT2D eigenvalue weighted by Gasteiger charge is 2.13. The average molecular weight is 338 g/mol. The summed E-state index contributed by atoms with van der Waals surface area (Å²) in [6, 6.07) is 9.26. The van der Waals surface area contributed by atoms with E-state index in [0.717, 1.165) is 19.4 Å². The van der Waals surface area contributed by atoms with Gasteiger partial charge in [0, 0.05) is 10.5 Å². The number of benzene rings is 1. The van der Waals surface area contributed by atoms with Gasteiger partial charge in [0.2, 0.25) is 0 Å². The normalized spacial score (nSPS) is 12.6. The number of thiophene rings is 1. The number of rotatable bonds is 6. The molecule has 0 radical (unpaired) electrons. The lowest BCUT2D eigenvalue weighted by Crippen LogP contribution is -2.21. The molecule has 1 atom stereocenters. The SMILES string of the molecule is CCNC(CCc1ccsc1)c1ccc(C)cc1Br. The van der Waals surface area contributed by atoms with E-state index in [9.17, 15) is 0 Å². The topological polar surface area (TPSA) is 12.0 Å². The van der Waals surface area contributed by atoms with Crippen LogP contribution in [0.2, 0.25) is 0 Å². The third kappa shape index (κ3) is 4.16. The van der Waals surface area contributed by atoms with Gasteiger partial charge in [0.25, 0.3) is 0 Å². The molecule has 0 fully saturated rings. The summed E-state index contributed by atoms with van der Waals surface area (Å²) < 4.78 is 1.21. The zero-order chi connectivity index (χ0) is 13.7. The van der Waals surface area contributed by atoms with Gasteiger partial charge in [0.1, 0.15) is 0 Å². The fraction of sp³-hybridized carbons (Fsp3) is 0.375. The van der Waals surface area contributed by atoms with Gasteiger partial charge in [-0.15, -0.1) is 0 Å². The predicted molar refractivity (Wildman–Crippen MR) is 87.9 cm³/mol. The van der Waals surface area contributed by atoms with Crippen LogP contribution < -0.4 is 5.32 Å². The van der Waals surface area contributed by atoms with Crippen molar-refractivity contribution in [2.24, 2.45) is 0 Å². The van der Waals surface area contributed by atoms with Crippen molar-refractivity contribution in [2.75, 3.05) is 6.54 Å². The zero-order valence-electron chi connectivity index (χ0n) is 11.4. The van der Waals surface area contributed by atoms with Gasteiger partial charge in [-0.3, -0.25) is 0 Å². The van der Waals surface area contributed by atoms with E-state index < -0.39 is 0 Å². The molecule has 0 bridgehead atoms. The first-order chi connectivity index (χ1) is 9.20. The second-order valence-electron chi connectivity index (χ2n) is 4.81. The molecule has 2 aromatic rings. The average Bonchev–Trinajstić information content (AvgIpc) is 2.88. The maximum atomic E-state index is 3.70. The quantitative estimate of drug-likeness (QED) is 0.772. The van der Waals surface area contributed by atoms with E-state index in [1.54, 1.807) is 11.3 Å². The van der Waals surface area contributed by atoms with E-state index in [-0.39, 0.29) is 0 Å². The molecule has 0 aliphatic heterocycles. The summed E-state index contributed by atoms with van der Waals surface area (Å²) in [5.41, 5.74) is 4.10. The molecule has 1 N–H and O–H groups in total. The maximum absolute atomic E-state index is 3.70. The summed E-state index contributed by atoms with van der Waals surface area (Å²) >= 11 is 5.47. The molecule has 1 heterocycles. The van der Waals surface area contributed by atoms with Crippen molar-refractivity contribution in [2.45, 2.75) is 32.7 Å². The van der Waals surface area contributed by atoms with Crippen LogP contribution in [-0.4, -0.2) is 6.54 Å². The molecule has 0 saturated carbocycles. The van der Waals surface area contributed by atoms with E-state index in [1.807, 2.05) is 0 Å². The Kier molecular flexibility index (Phi) is 5.61. The number of hydrogen-bond acceptors (Lipinski definition) is 2. The predicted octanol–water partition coefficient (Wildman–Crippen LogP) is 5.10. The lowest BCUT2D eigenvalue weighted by atomic mass is 9.99. The summed E-state index contributed by atoms with van der Waals surface area (Å²) in [6.45, 7) is 5.29. The summed E-state index contributed by atoms with van der Waals surface area (Å²) in [7, 11) is 0. The number of nitrogens with one attached hydrogen (secondary N) is 1. The molecule has 3 heteroatoms. The Balaban J connectivity index is 2.10. The molecule has 0 aliphatic rings. The fourth-order valence-electron chi connectivity index (χ4n) is 2.27. The molecule has 19 heavy (non-hydrogen) atoms. The van der Waals surface area contributed by atoms with Gasteiger partial charge in [-0.05, 0) is 65.9 Å². The summed E-state index contributed by atoms with van der Waals surface area (Å²) in [6.07, 6.45) is 2.26. The van der Waals surface area contributed by atoms with Crippen molar-refractivity contribution in [3.8, 4) is 0 Å². The van der Waals surface area contributed by atoms with Crippen molar-refractivity contribution >= 4 is 27.3 Å². The van der Waals surface area contributed by atoms with Crippen molar-refractivity contribution in [3.05, 3.63) is 56.2 Å². The smallest absolute Gasteiger partial charge is 0.0334 e. The van der Waals surface area contributed by atoms with Gasteiger partial charge in [0.05, 0.1) is 0 Å². The Morgan fingerprint density at radius 3 is 2.79 bits per heavy atom. The largest absolute Gasteiger partial charge is 0.310 e. The molecular weight excluding hydrogens is 318 g/mol. The first-order valence-corrected chi connectivity index (χ1v) is 8.44. The van der Waals surface area contributed by atoms with Crippen LogP contribution in [0.3, 0.4) is 0 Å². The number of hydrogen-bond donors (Lipinski definition) is 1. The van der Waals surface area contributed by atoms with Crippen molar-refractivity contribution in [1.29, 1.82) is 0 Å². The van der Waals surface area contributed by atoms with Crippen LogP contribution in [0, 0.1) is 6.92 Å². The van der Waals surface area contributed by atoms with Crippen LogP contribution in [0.5, 0.6) is 0 Å². The molecule has 1 unspecified atom stereocenters. The summed E-state index contributed by atoms with van der Waals surface area (Å²) in [5.74, 6) is 0. The Hall–Kier alpha value is -0.640. The number of halogens is 1. The highest BCUT2D eigenvalue weighted by molar-refractivity contribution is 9.10. The van der Waals surface area contributed by atoms with Crippen molar-refractivity contribution < 1.29 is 0 Å². The van der Waals surface area contributed by atoms with Crippen LogP contribution in [0.15, 0.2) is 39.5 Å². The molecule has 1 aromatic carbocycles. The third-order valence-electron chi connectivity index (χ3n) is 3.28. The van der Waals surface area contributed by atoms with E-state index >= 15 is 0 Å². The van der Waals surface area contributed by atoms with Crippen molar-refractivity contribution in [1.82, 2.24) is 5.32 Å². The van der Waals surface area contributed by atoms with Gasteiger partial charge < -0.3 is 5.32 Å². The Morgan fingerprint density at radius 1 is 1.32 bits per heavy atom. The molecule has 102 valence electrons. The summed E-state index contributed by atoms with van der Waals surface area (Å²) in [5, 5.41) is 7.99. The third-order valence-corrected chi connectivity index (χ3v) is 4.70. The minimum atomic E-state index is 0.417. The van der Waals surface area contributed by atoms with Crippen molar-refractivity contribution in [3.63, 3.8) is 0 Å². The van der Waals surface area contributed by atoms with Crippen LogP contribution in [0.1, 0.15) is 36.1 Å². The zero-order valence-corrected chi connectivity index (χ0v) is 13.9. The molecule has 2 rings (SSSR count). The van der Waals surface area contributed by atoms with Gasteiger partial charge in [-0.2, -0.15) is 11.3 Å². The van der Waals surface area contributed by atoms with Crippen LogP contribution >= 0.6 is 27.3 Å². The Labute approximate surface area is 128 Å². The first-order valence-electron chi connectivity index (χ1n) is 6.71. The second kappa shape index (κ2) is 7.22. The molecule has 1 aromatic heterocycles. The van der Waals surface area contributed by atoms with Gasteiger partial charge in [-0.25, -0.2) is 0 Å². The van der Waals surface area contributed by atoms with Gasteiger partial charge in [-0.1, -0.05) is 35.0 Å². The molecular formula is C16H20BrNS. The van der Waals surface area contributed by atoms with Crippen LogP contribution in [-0.2, 0) is 6.42 Å². The molecule has 1 nitrogen and oxygen atoms in total. The minimum absolute atomic E-state index is 0.417. The van der Waals surface area contributed by atoms with E-state index in [4.69, 9.17) is 0 Å². The van der Waals surface area contributed by atoms with Gasteiger partial charge >= 0.3 is 0 Å². The standard InChI is InChI=1S/C16H20BrNS/c1-3-18-16(7-5-13-8-9-19-11-13)14-6-4-12(2)10-15(14)17/h4,6,8-11,16,18H,3,5,7H2,1-2H3. The van der Waals surface area contributed by atoms with Gasteiger partial charge in [0.15, 0.2) is 0 Å². The first kappa shape index (κ1) is 14.8.